The first-order valence-electron chi connectivity index (χ1n) is 6.19. The molecule has 0 atom stereocenters. The molecule has 0 aliphatic carbocycles. The average Bonchev–Trinajstić information content (AvgIpc) is 2.39. The van der Waals surface area contributed by atoms with Crippen molar-refractivity contribution in [1.29, 1.82) is 0 Å². The minimum Gasteiger partial charge on any atom is -0.354 e. The molecule has 0 bridgehead atoms. The summed E-state index contributed by atoms with van der Waals surface area (Å²) in [7, 11) is 0. The van der Waals surface area contributed by atoms with Crippen LogP contribution in [0.3, 0.4) is 0 Å². The number of hydrogen-bond donors (Lipinski definition) is 1. The Hall–Kier alpha value is -1.42. The fourth-order valence-electron chi connectivity index (χ4n) is 2.10. The number of nitrogens with one attached hydrogen (secondary N) is 1. The molecule has 1 N–H and O–H groups in total. The molecule has 1 fully saturated rings. The van der Waals surface area contributed by atoms with E-state index in [2.05, 4.69) is 15.2 Å². The highest BCUT2D eigenvalue weighted by atomic mass is 16.1. The number of aryl methyl sites for hydroxylation is 1. The molecular formula is C13H19N3O. The summed E-state index contributed by atoms with van der Waals surface area (Å²) in [6.07, 6.45) is 0.537. The highest BCUT2D eigenvalue weighted by Crippen LogP contribution is 2.16. The van der Waals surface area contributed by atoms with Crippen LogP contribution in [0.2, 0.25) is 0 Å². The third kappa shape index (κ3) is 2.64. The normalized spacial score (nSPS) is 16.0. The van der Waals surface area contributed by atoms with Gasteiger partial charge in [0.1, 0.15) is 5.82 Å². The number of ketones is 1. The van der Waals surface area contributed by atoms with Gasteiger partial charge in [0.05, 0.1) is 5.69 Å². The lowest BCUT2D eigenvalue weighted by molar-refractivity contribution is 0.0987. The second kappa shape index (κ2) is 5.27. The molecule has 92 valence electrons. The maximum absolute atomic E-state index is 11.7. The van der Waals surface area contributed by atoms with Gasteiger partial charge < -0.3 is 10.2 Å². The van der Waals surface area contributed by atoms with Crippen molar-refractivity contribution in [1.82, 2.24) is 10.3 Å². The van der Waals surface area contributed by atoms with Gasteiger partial charge in [-0.3, -0.25) is 4.79 Å². The number of piperazine rings is 1. The Morgan fingerprint density at radius 3 is 2.71 bits per heavy atom. The van der Waals surface area contributed by atoms with E-state index in [4.69, 9.17) is 0 Å². The number of Topliss-reactive ketones (excluding diaryl/α,β-unsaturated/α-hetero) is 1. The van der Waals surface area contributed by atoms with Gasteiger partial charge in [-0.05, 0) is 19.1 Å². The Labute approximate surface area is 102 Å². The third-order valence-corrected chi connectivity index (χ3v) is 3.13. The topological polar surface area (TPSA) is 45.2 Å². The van der Waals surface area contributed by atoms with Crippen molar-refractivity contribution in [3.63, 3.8) is 0 Å². The minimum absolute atomic E-state index is 0.168. The van der Waals surface area contributed by atoms with Crippen molar-refractivity contribution in [3.8, 4) is 0 Å². The molecular weight excluding hydrogens is 214 g/mol. The van der Waals surface area contributed by atoms with Crippen LogP contribution in [0.5, 0.6) is 0 Å². The Morgan fingerprint density at radius 2 is 2.12 bits per heavy atom. The fourth-order valence-corrected chi connectivity index (χ4v) is 2.10. The van der Waals surface area contributed by atoms with E-state index in [1.807, 2.05) is 26.0 Å². The summed E-state index contributed by atoms with van der Waals surface area (Å²) in [6.45, 7) is 7.74. The molecule has 0 saturated carbocycles. The van der Waals surface area contributed by atoms with Gasteiger partial charge >= 0.3 is 0 Å². The zero-order chi connectivity index (χ0) is 12.3. The molecule has 1 aliphatic heterocycles. The van der Waals surface area contributed by atoms with Gasteiger partial charge in [0.25, 0.3) is 0 Å². The predicted octanol–water partition coefficient (Wildman–Crippen LogP) is 1.39. The summed E-state index contributed by atoms with van der Waals surface area (Å²) in [5.74, 6) is 1.15. The number of aromatic nitrogens is 1. The van der Waals surface area contributed by atoms with E-state index in [1.165, 1.54) is 0 Å². The van der Waals surface area contributed by atoms with Gasteiger partial charge in [-0.15, -0.1) is 0 Å². The number of carbonyl (C=O) groups excluding carboxylic acids is 1. The monoisotopic (exact) mass is 233 g/mol. The fraction of sp³-hybridized carbons (Fsp3) is 0.538. The van der Waals surface area contributed by atoms with Crippen molar-refractivity contribution in [2.75, 3.05) is 31.1 Å². The number of carbonyl (C=O) groups is 1. The van der Waals surface area contributed by atoms with E-state index in [1.54, 1.807) is 0 Å². The van der Waals surface area contributed by atoms with Gasteiger partial charge in [0.15, 0.2) is 5.78 Å². The first kappa shape index (κ1) is 12.0. The molecule has 17 heavy (non-hydrogen) atoms. The lowest BCUT2D eigenvalue weighted by atomic mass is 10.1. The molecule has 0 radical (unpaired) electrons. The molecule has 0 unspecified atom stereocenters. The smallest absolute Gasteiger partial charge is 0.164 e. The van der Waals surface area contributed by atoms with Crippen molar-refractivity contribution in [3.05, 3.63) is 23.4 Å². The van der Waals surface area contributed by atoms with Crippen molar-refractivity contribution < 1.29 is 4.79 Å². The van der Waals surface area contributed by atoms with Gasteiger partial charge in [0, 0.05) is 38.2 Å². The molecule has 0 aromatic carbocycles. The summed E-state index contributed by atoms with van der Waals surface area (Å²) in [4.78, 5) is 18.5. The van der Waals surface area contributed by atoms with Gasteiger partial charge in [0.2, 0.25) is 0 Å². The van der Waals surface area contributed by atoms with Crippen molar-refractivity contribution in [2.24, 2.45) is 0 Å². The number of rotatable bonds is 3. The van der Waals surface area contributed by atoms with E-state index in [0.29, 0.717) is 6.42 Å². The average molecular weight is 233 g/mol. The van der Waals surface area contributed by atoms with Crippen LogP contribution in [0.1, 0.15) is 29.4 Å². The van der Waals surface area contributed by atoms with E-state index in [9.17, 15) is 4.79 Å². The summed E-state index contributed by atoms with van der Waals surface area (Å²) < 4.78 is 0. The second-order valence-electron chi connectivity index (χ2n) is 4.32. The van der Waals surface area contributed by atoms with Crippen LogP contribution in [0.25, 0.3) is 0 Å². The molecule has 4 nitrogen and oxygen atoms in total. The van der Waals surface area contributed by atoms with Crippen molar-refractivity contribution >= 4 is 11.6 Å². The molecule has 4 heteroatoms. The largest absolute Gasteiger partial charge is 0.354 e. The molecule has 1 aliphatic rings. The predicted molar refractivity (Wildman–Crippen MR) is 68.7 cm³/mol. The van der Waals surface area contributed by atoms with E-state index < -0.39 is 0 Å². The Bertz CT molecular complexity index is 411. The highest BCUT2D eigenvalue weighted by molar-refractivity contribution is 5.96. The van der Waals surface area contributed by atoms with Crippen LogP contribution in [0.15, 0.2) is 12.1 Å². The van der Waals surface area contributed by atoms with Gasteiger partial charge in [-0.25, -0.2) is 4.98 Å². The first-order chi connectivity index (χ1) is 8.22. The van der Waals surface area contributed by atoms with Crippen LogP contribution < -0.4 is 10.2 Å². The first-order valence-corrected chi connectivity index (χ1v) is 6.19. The van der Waals surface area contributed by atoms with Crippen LogP contribution in [0.4, 0.5) is 5.82 Å². The molecule has 1 aromatic rings. The zero-order valence-electron chi connectivity index (χ0n) is 10.5. The van der Waals surface area contributed by atoms with Crippen LogP contribution in [-0.2, 0) is 0 Å². The summed E-state index contributed by atoms with van der Waals surface area (Å²) in [5.41, 5.74) is 1.60. The zero-order valence-corrected chi connectivity index (χ0v) is 10.5. The Kier molecular flexibility index (Phi) is 3.74. The van der Waals surface area contributed by atoms with Gasteiger partial charge in [-0.1, -0.05) is 6.92 Å². The summed E-state index contributed by atoms with van der Waals surface area (Å²) in [6, 6.07) is 3.87. The third-order valence-electron chi connectivity index (χ3n) is 3.13. The SMILES string of the molecule is CCC(=O)c1ccc(N2CCNCC2)nc1C. The van der Waals surface area contributed by atoms with Gasteiger partial charge in [-0.2, -0.15) is 0 Å². The van der Waals surface area contributed by atoms with E-state index >= 15 is 0 Å². The Morgan fingerprint density at radius 1 is 1.41 bits per heavy atom. The lowest BCUT2D eigenvalue weighted by Gasteiger charge is -2.28. The number of nitrogens with zero attached hydrogens (tertiary/aromatic N) is 2. The second-order valence-corrected chi connectivity index (χ2v) is 4.32. The maximum Gasteiger partial charge on any atom is 0.164 e. The molecule has 1 saturated heterocycles. The molecule has 1 aromatic heterocycles. The van der Waals surface area contributed by atoms with E-state index in [0.717, 1.165) is 43.3 Å². The highest BCUT2D eigenvalue weighted by Gasteiger charge is 2.14. The molecule has 0 spiro atoms. The summed E-state index contributed by atoms with van der Waals surface area (Å²) in [5, 5.41) is 3.31. The Balaban J connectivity index is 2.20. The number of hydrogen-bond acceptors (Lipinski definition) is 4. The van der Waals surface area contributed by atoms with Crippen LogP contribution >= 0.6 is 0 Å². The maximum atomic E-state index is 11.7. The standard InChI is InChI=1S/C13H19N3O/c1-3-12(17)11-4-5-13(15-10(11)2)16-8-6-14-7-9-16/h4-5,14H,3,6-9H2,1-2H3. The molecule has 2 heterocycles. The minimum atomic E-state index is 0.168. The molecule has 0 amide bonds. The molecule has 2 rings (SSSR count). The van der Waals surface area contributed by atoms with Crippen LogP contribution in [0, 0.1) is 6.92 Å². The van der Waals surface area contributed by atoms with Crippen molar-refractivity contribution in [2.45, 2.75) is 20.3 Å². The quantitative estimate of drug-likeness (QED) is 0.801. The van der Waals surface area contributed by atoms with Crippen LogP contribution in [-0.4, -0.2) is 36.9 Å². The lowest BCUT2D eigenvalue weighted by Crippen LogP contribution is -2.44. The van der Waals surface area contributed by atoms with E-state index in [-0.39, 0.29) is 5.78 Å². The summed E-state index contributed by atoms with van der Waals surface area (Å²) >= 11 is 0. The number of pyridine rings is 1. The number of anilines is 1.